The van der Waals surface area contributed by atoms with Crippen molar-refractivity contribution in [2.75, 3.05) is 39.4 Å². The highest BCUT2D eigenvalue weighted by Crippen LogP contribution is 2.33. The van der Waals surface area contributed by atoms with Gasteiger partial charge in [0.15, 0.2) is 11.5 Å². The molecule has 0 spiro atoms. The van der Waals surface area contributed by atoms with Crippen molar-refractivity contribution in [3.63, 3.8) is 0 Å². The summed E-state index contributed by atoms with van der Waals surface area (Å²) < 4.78 is 37.8. The molecule has 0 aromatic heterocycles. The van der Waals surface area contributed by atoms with Gasteiger partial charge in [0.2, 0.25) is 15.9 Å². The van der Waals surface area contributed by atoms with E-state index in [0.29, 0.717) is 37.8 Å². The molecule has 0 bridgehead atoms. The van der Waals surface area contributed by atoms with E-state index in [2.05, 4.69) is 0 Å². The van der Waals surface area contributed by atoms with Crippen molar-refractivity contribution in [2.45, 2.75) is 17.9 Å². The Bertz CT molecular complexity index is 727. The van der Waals surface area contributed by atoms with Gasteiger partial charge in [-0.15, -0.1) is 0 Å². The Balaban J connectivity index is 1.74. The molecule has 0 saturated carbocycles. The predicted octanol–water partition coefficient (Wildman–Crippen LogP) is -0.362. The lowest BCUT2D eigenvalue weighted by molar-refractivity contribution is -0.133. The van der Waals surface area contributed by atoms with E-state index in [9.17, 15) is 13.2 Å². The van der Waals surface area contributed by atoms with Gasteiger partial charge in [-0.25, -0.2) is 8.42 Å². The lowest BCUT2D eigenvalue weighted by Gasteiger charge is -2.34. The molecular formula is C15H21N3O5S. The number of rotatable bonds is 3. The van der Waals surface area contributed by atoms with Gasteiger partial charge in [-0.3, -0.25) is 4.79 Å². The molecule has 9 heteroatoms. The number of sulfonamides is 1. The molecule has 0 radical (unpaired) electrons. The minimum absolute atomic E-state index is 0.161. The molecule has 1 atom stereocenters. The van der Waals surface area contributed by atoms with Crippen molar-refractivity contribution >= 4 is 15.9 Å². The first-order valence-electron chi connectivity index (χ1n) is 7.84. The predicted molar refractivity (Wildman–Crippen MR) is 86.4 cm³/mol. The largest absolute Gasteiger partial charge is 0.486 e. The minimum atomic E-state index is -3.64. The van der Waals surface area contributed by atoms with Crippen LogP contribution < -0.4 is 15.2 Å². The monoisotopic (exact) mass is 355 g/mol. The average molecular weight is 355 g/mol. The van der Waals surface area contributed by atoms with E-state index in [1.807, 2.05) is 0 Å². The van der Waals surface area contributed by atoms with Crippen LogP contribution in [0.15, 0.2) is 23.1 Å². The number of piperazine rings is 1. The summed E-state index contributed by atoms with van der Waals surface area (Å²) in [6.45, 7) is 3.64. The molecule has 2 aliphatic rings. The maximum absolute atomic E-state index is 12.8. The number of fused-ring (bicyclic) bond motifs is 1. The molecule has 3 rings (SSSR count). The highest BCUT2D eigenvalue weighted by Gasteiger charge is 2.31. The summed E-state index contributed by atoms with van der Waals surface area (Å²) >= 11 is 0. The minimum Gasteiger partial charge on any atom is -0.486 e. The first-order chi connectivity index (χ1) is 11.4. The van der Waals surface area contributed by atoms with Crippen molar-refractivity contribution in [3.05, 3.63) is 18.2 Å². The molecule has 1 aromatic carbocycles. The highest BCUT2D eigenvalue weighted by atomic mass is 32.2. The molecule has 2 N–H and O–H groups in total. The summed E-state index contributed by atoms with van der Waals surface area (Å²) in [6.07, 6.45) is 0. The van der Waals surface area contributed by atoms with Gasteiger partial charge in [-0.2, -0.15) is 4.31 Å². The van der Waals surface area contributed by atoms with E-state index in [1.54, 1.807) is 17.9 Å². The molecule has 2 aliphatic heterocycles. The number of carbonyl (C=O) groups excluding carboxylic acids is 1. The fourth-order valence-electron chi connectivity index (χ4n) is 2.77. The average Bonchev–Trinajstić information content (AvgIpc) is 2.60. The van der Waals surface area contributed by atoms with Crippen LogP contribution in [0.2, 0.25) is 0 Å². The summed E-state index contributed by atoms with van der Waals surface area (Å²) in [5.41, 5.74) is 5.59. The fourth-order valence-corrected chi connectivity index (χ4v) is 4.21. The fraction of sp³-hybridized carbons (Fsp3) is 0.533. The summed E-state index contributed by atoms with van der Waals surface area (Å²) in [5, 5.41) is 0. The molecule has 1 saturated heterocycles. The van der Waals surface area contributed by atoms with Gasteiger partial charge in [0.05, 0.1) is 10.9 Å². The molecular weight excluding hydrogens is 334 g/mol. The van der Waals surface area contributed by atoms with Gasteiger partial charge in [0.25, 0.3) is 0 Å². The number of benzene rings is 1. The lowest BCUT2D eigenvalue weighted by Crippen LogP contribution is -2.53. The second-order valence-corrected chi connectivity index (χ2v) is 7.76. The molecule has 132 valence electrons. The molecule has 24 heavy (non-hydrogen) atoms. The standard InChI is InChI=1S/C15H21N3O5S/c1-11(16)15(19)17-4-6-18(7-5-17)24(20,21)12-2-3-13-14(10-12)23-9-8-22-13/h2-3,10-11H,4-9,16H2,1H3/t11-/m1/s1. The number of amides is 1. The lowest BCUT2D eigenvalue weighted by atomic mass is 10.2. The van der Waals surface area contributed by atoms with E-state index < -0.39 is 16.1 Å². The number of hydrogen-bond acceptors (Lipinski definition) is 6. The molecule has 0 unspecified atom stereocenters. The first-order valence-corrected chi connectivity index (χ1v) is 9.28. The van der Waals surface area contributed by atoms with Crippen molar-refractivity contribution in [2.24, 2.45) is 5.73 Å². The van der Waals surface area contributed by atoms with Crippen LogP contribution in [0.5, 0.6) is 11.5 Å². The molecule has 2 heterocycles. The zero-order valence-corrected chi connectivity index (χ0v) is 14.3. The van der Waals surface area contributed by atoms with E-state index in [4.69, 9.17) is 15.2 Å². The molecule has 1 amide bonds. The van der Waals surface area contributed by atoms with E-state index in [0.717, 1.165) is 0 Å². The van der Waals surface area contributed by atoms with Crippen LogP contribution in [-0.2, 0) is 14.8 Å². The van der Waals surface area contributed by atoms with Gasteiger partial charge < -0.3 is 20.1 Å². The van der Waals surface area contributed by atoms with Crippen LogP contribution in [0, 0.1) is 0 Å². The Morgan fingerprint density at radius 1 is 1.12 bits per heavy atom. The summed E-state index contributed by atoms with van der Waals surface area (Å²) in [6, 6.07) is 4.04. The quantitative estimate of drug-likeness (QED) is 0.794. The van der Waals surface area contributed by atoms with Crippen molar-refractivity contribution in [1.29, 1.82) is 0 Å². The number of carbonyl (C=O) groups is 1. The third kappa shape index (κ3) is 3.19. The van der Waals surface area contributed by atoms with Crippen molar-refractivity contribution in [3.8, 4) is 11.5 Å². The van der Waals surface area contributed by atoms with Crippen molar-refractivity contribution < 1.29 is 22.7 Å². The van der Waals surface area contributed by atoms with Gasteiger partial charge in [0, 0.05) is 32.2 Å². The third-order valence-electron chi connectivity index (χ3n) is 4.09. The van der Waals surface area contributed by atoms with E-state index in [1.165, 1.54) is 16.4 Å². The van der Waals surface area contributed by atoms with Crippen LogP contribution >= 0.6 is 0 Å². The summed E-state index contributed by atoms with van der Waals surface area (Å²) in [5.74, 6) is 0.826. The summed E-state index contributed by atoms with van der Waals surface area (Å²) in [7, 11) is -3.64. The van der Waals surface area contributed by atoms with Crippen molar-refractivity contribution in [1.82, 2.24) is 9.21 Å². The van der Waals surface area contributed by atoms with Gasteiger partial charge in [-0.05, 0) is 19.1 Å². The Kier molecular flexibility index (Phi) is 4.66. The topological polar surface area (TPSA) is 102 Å². The SMILES string of the molecule is C[C@@H](N)C(=O)N1CCN(S(=O)(=O)c2ccc3c(c2)OCCO3)CC1. The number of nitrogens with two attached hydrogens (primary N) is 1. The Labute approximate surface area is 141 Å². The van der Waals surface area contributed by atoms with E-state index >= 15 is 0 Å². The number of hydrogen-bond donors (Lipinski definition) is 1. The molecule has 1 fully saturated rings. The first kappa shape index (κ1) is 17.0. The van der Waals surface area contributed by atoms with Crippen LogP contribution in [-0.4, -0.2) is 69.0 Å². The highest BCUT2D eigenvalue weighted by molar-refractivity contribution is 7.89. The number of ether oxygens (including phenoxy) is 2. The third-order valence-corrected chi connectivity index (χ3v) is 5.99. The van der Waals surface area contributed by atoms with Crippen LogP contribution in [0.25, 0.3) is 0 Å². The number of nitrogens with zero attached hydrogens (tertiary/aromatic N) is 2. The van der Waals surface area contributed by atoms with Gasteiger partial charge in [-0.1, -0.05) is 0 Å². The molecule has 1 aromatic rings. The molecule has 8 nitrogen and oxygen atoms in total. The second-order valence-electron chi connectivity index (χ2n) is 5.82. The van der Waals surface area contributed by atoms with Gasteiger partial charge in [0.1, 0.15) is 13.2 Å². The Morgan fingerprint density at radius 3 is 2.38 bits per heavy atom. The smallest absolute Gasteiger partial charge is 0.243 e. The van der Waals surface area contributed by atoms with Crippen LogP contribution in [0.1, 0.15) is 6.92 Å². The summed E-state index contributed by atoms with van der Waals surface area (Å²) in [4.78, 5) is 13.7. The molecule has 0 aliphatic carbocycles. The van der Waals surface area contributed by atoms with Crippen LogP contribution in [0.3, 0.4) is 0 Å². The van der Waals surface area contributed by atoms with E-state index in [-0.39, 0.29) is 23.9 Å². The normalized spacial score (nSPS) is 19.8. The zero-order valence-electron chi connectivity index (χ0n) is 13.5. The Morgan fingerprint density at radius 2 is 1.75 bits per heavy atom. The van der Waals surface area contributed by atoms with Gasteiger partial charge >= 0.3 is 0 Å². The maximum Gasteiger partial charge on any atom is 0.243 e. The van der Waals surface area contributed by atoms with Crippen LogP contribution in [0.4, 0.5) is 0 Å². The Hall–Kier alpha value is -1.84. The maximum atomic E-state index is 12.8. The second kappa shape index (κ2) is 6.58. The zero-order chi connectivity index (χ0) is 17.3.